The smallest absolute Gasteiger partial charge is 0.226 e. The largest absolute Gasteiger partial charge is 0.349 e. The van der Waals surface area contributed by atoms with Crippen molar-refractivity contribution in [2.45, 2.75) is 37.6 Å². The second-order valence-corrected chi connectivity index (χ2v) is 7.93. The first-order valence-corrected chi connectivity index (χ1v) is 8.30. The summed E-state index contributed by atoms with van der Waals surface area (Å²) in [7, 11) is 0. The second kappa shape index (κ2) is 5.86. The topological polar surface area (TPSA) is 29.1 Å². The van der Waals surface area contributed by atoms with Gasteiger partial charge in [-0.1, -0.05) is 35.0 Å². The maximum absolute atomic E-state index is 12.4. The van der Waals surface area contributed by atoms with E-state index in [1.807, 2.05) is 38.1 Å². The minimum atomic E-state index is -0.408. The van der Waals surface area contributed by atoms with Crippen molar-refractivity contribution in [3.63, 3.8) is 0 Å². The van der Waals surface area contributed by atoms with Gasteiger partial charge in [-0.2, -0.15) is 0 Å². The van der Waals surface area contributed by atoms with Crippen LogP contribution in [0.4, 0.5) is 0 Å². The molecule has 20 heavy (non-hydrogen) atoms. The lowest BCUT2D eigenvalue weighted by Gasteiger charge is -2.49. The number of carbonyl (C=O) groups excluding carboxylic acids is 1. The molecule has 1 aromatic carbocycles. The predicted molar refractivity (Wildman–Crippen MR) is 87.3 cm³/mol. The molecule has 110 valence electrons. The van der Waals surface area contributed by atoms with Gasteiger partial charge < -0.3 is 5.32 Å². The zero-order valence-electron chi connectivity index (χ0n) is 11.6. The van der Waals surface area contributed by atoms with E-state index in [1.54, 1.807) is 0 Å². The third-order valence-corrected chi connectivity index (χ3v) is 5.50. The zero-order valence-corrected chi connectivity index (χ0v) is 14.6. The van der Waals surface area contributed by atoms with Crippen molar-refractivity contribution in [3.05, 3.63) is 34.3 Å². The van der Waals surface area contributed by atoms with Gasteiger partial charge in [0.1, 0.15) is 0 Å². The normalized spacial score (nSPS) is 30.4. The van der Waals surface area contributed by atoms with Gasteiger partial charge in [-0.25, -0.2) is 0 Å². The van der Waals surface area contributed by atoms with Crippen LogP contribution in [0.25, 0.3) is 0 Å². The average Bonchev–Trinajstić information content (AvgIpc) is 2.37. The Morgan fingerprint density at radius 3 is 2.45 bits per heavy atom. The number of benzene rings is 1. The molecule has 2 nitrogen and oxygen atoms in total. The SMILES string of the molecule is CC(NC(=O)[C@]1(C)C[C@](Cl)(CCl)C1)c1ccc(Br)cc1. The number of halogens is 3. The molecule has 2 rings (SSSR count). The lowest BCUT2D eigenvalue weighted by molar-refractivity contribution is -0.136. The van der Waals surface area contributed by atoms with Crippen molar-refractivity contribution in [3.8, 4) is 0 Å². The van der Waals surface area contributed by atoms with Gasteiger partial charge in [-0.15, -0.1) is 23.2 Å². The van der Waals surface area contributed by atoms with Crippen LogP contribution in [-0.2, 0) is 4.79 Å². The molecule has 1 aromatic rings. The Morgan fingerprint density at radius 1 is 1.40 bits per heavy atom. The Labute approximate surface area is 138 Å². The Hall–Kier alpha value is -0.250. The molecule has 0 bridgehead atoms. The lowest BCUT2D eigenvalue weighted by Crippen LogP contribution is -2.55. The number of hydrogen-bond acceptors (Lipinski definition) is 1. The van der Waals surface area contributed by atoms with Gasteiger partial charge >= 0.3 is 0 Å². The summed E-state index contributed by atoms with van der Waals surface area (Å²) in [5.74, 6) is 0.439. The molecule has 0 spiro atoms. The molecule has 0 aliphatic heterocycles. The van der Waals surface area contributed by atoms with Gasteiger partial charge in [0.2, 0.25) is 5.91 Å². The number of alkyl halides is 2. The fourth-order valence-corrected chi connectivity index (χ4v) is 3.85. The van der Waals surface area contributed by atoms with Crippen molar-refractivity contribution in [1.29, 1.82) is 0 Å². The molecule has 1 atom stereocenters. The summed E-state index contributed by atoms with van der Waals surface area (Å²) in [6.07, 6.45) is 1.26. The van der Waals surface area contributed by atoms with Crippen LogP contribution in [0, 0.1) is 5.41 Å². The molecule has 1 amide bonds. The first-order chi connectivity index (χ1) is 9.28. The quantitative estimate of drug-likeness (QED) is 0.759. The molecule has 1 fully saturated rings. The number of nitrogens with one attached hydrogen (secondary N) is 1. The van der Waals surface area contributed by atoms with Crippen molar-refractivity contribution >= 4 is 45.0 Å². The molecule has 0 heterocycles. The van der Waals surface area contributed by atoms with Crippen molar-refractivity contribution < 1.29 is 4.79 Å². The van der Waals surface area contributed by atoms with Crippen LogP contribution >= 0.6 is 39.1 Å². The van der Waals surface area contributed by atoms with Gasteiger partial charge in [-0.3, -0.25) is 4.79 Å². The van der Waals surface area contributed by atoms with E-state index < -0.39 is 10.3 Å². The molecule has 5 heteroatoms. The van der Waals surface area contributed by atoms with Crippen molar-refractivity contribution in [1.82, 2.24) is 5.32 Å². The highest BCUT2D eigenvalue weighted by molar-refractivity contribution is 9.10. The highest BCUT2D eigenvalue weighted by Crippen LogP contribution is 2.53. The maximum atomic E-state index is 12.4. The molecule has 1 aliphatic rings. The molecule has 0 aromatic heterocycles. The third-order valence-electron chi connectivity index (χ3n) is 3.92. The standard InChI is InChI=1S/C15H18BrCl2NO/c1-10(11-3-5-12(16)6-4-11)19-13(20)14(2)7-15(18,8-14)9-17/h3-6,10H,7-9H2,1-2H3,(H,19,20)/t10?,14-,15-. The summed E-state index contributed by atoms with van der Waals surface area (Å²) in [5.41, 5.74) is 0.680. The van der Waals surface area contributed by atoms with Crippen molar-refractivity contribution in [2.75, 3.05) is 5.88 Å². The first kappa shape index (κ1) is 16.1. The van der Waals surface area contributed by atoms with Crippen LogP contribution in [-0.4, -0.2) is 16.7 Å². The lowest BCUT2D eigenvalue weighted by atomic mass is 9.62. The fraction of sp³-hybridized carbons (Fsp3) is 0.533. The fourth-order valence-electron chi connectivity index (χ4n) is 2.81. The summed E-state index contributed by atoms with van der Waals surface area (Å²) in [4.78, 5) is 12.0. The van der Waals surface area contributed by atoms with Crippen LogP contribution in [0.2, 0.25) is 0 Å². The van der Waals surface area contributed by atoms with Crippen LogP contribution in [0.15, 0.2) is 28.7 Å². The molecule has 0 radical (unpaired) electrons. The monoisotopic (exact) mass is 377 g/mol. The van der Waals surface area contributed by atoms with Gasteiger partial charge in [0.25, 0.3) is 0 Å². The number of carbonyl (C=O) groups is 1. The van der Waals surface area contributed by atoms with Crippen molar-refractivity contribution in [2.24, 2.45) is 5.41 Å². The van der Waals surface area contributed by atoms with E-state index in [9.17, 15) is 4.79 Å². The van der Waals surface area contributed by atoms with E-state index in [4.69, 9.17) is 23.2 Å². The van der Waals surface area contributed by atoms with Crippen LogP contribution in [0.5, 0.6) is 0 Å². The molecule has 1 saturated carbocycles. The third kappa shape index (κ3) is 3.32. The Bertz CT molecular complexity index is 497. The molecule has 1 aliphatic carbocycles. The van der Waals surface area contributed by atoms with Gasteiger partial charge in [-0.05, 0) is 37.5 Å². The minimum absolute atomic E-state index is 0.0197. The highest BCUT2D eigenvalue weighted by Gasteiger charge is 2.54. The minimum Gasteiger partial charge on any atom is -0.349 e. The summed E-state index contributed by atoms with van der Waals surface area (Å²) >= 11 is 15.5. The van der Waals surface area contributed by atoms with E-state index >= 15 is 0 Å². The van der Waals surface area contributed by atoms with Gasteiger partial charge in [0, 0.05) is 15.8 Å². The number of hydrogen-bond donors (Lipinski definition) is 1. The molecule has 1 unspecified atom stereocenters. The average molecular weight is 379 g/mol. The summed E-state index contributed by atoms with van der Waals surface area (Å²) in [5, 5.41) is 3.06. The predicted octanol–water partition coefficient (Wildman–Crippen LogP) is 4.64. The summed E-state index contributed by atoms with van der Waals surface area (Å²) in [6, 6.07) is 7.93. The second-order valence-electron chi connectivity index (χ2n) is 5.95. The van der Waals surface area contributed by atoms with Gasteiger partial charge in [0.15, 0.2) is 0 Å². The molecule has 0 saturated heterocycles. The molecular formula is C15H18BrCl2NO. The maximum Gasteiger partial charge on any atom is 0.226 e. The Kier molecular flexibility index (Phi) is 4.73. The first-order valence-electron chi connectivity index (χ1n) is 6.59. The van der Waals surface area contributed by atoms with E-state index in [-0.39, 0.29) is 11.9 Å². The summed E-state index contributed by atoms with van der Waals surface area (Å²) in [6.45, 7) is 3.93. The van der Waals surface area contributed by atoms with Gasteiger partial charge in [0.05, 0.1) is 10.9 Å². The number of amides is 1. The highest BCUT2D eigenvalue weighted by atomic mass is 79.9. The zero-order chi connectivity index (χ0) is 15.0. The van der Waals surface area contributed by atoms with Crippen LogP contribution < -0.4 is 5.32 Å². The Morgan fingerprint density at radius 2 is 1.95 bits per heavy atom. The van der Waals surface area contributed by atoms with E-state index in [0.717, 1.165) is 10.0 Å². The molecule has 1 N–H and O–H groups in total. The molecular weight excluding hydrogens is 361 g/mol. The van der Waals surface area contributed by atoms with E-state index in [1.165, 1.54) is 0 Å². The van der Waals surface area contributed by atoms with Crippen LogP contribution in [0.3, 0.4) is 0 Å². The Balaban J connectivity index is 1.97. The van der Waals surface area contributed by atoms with Crippen LogP contribution in [0.1, 0.15) is 38.3 Å². The van der Waals surface area contributed by atoms with E-state index in [0.29, 0.717) is 18.7 Å². The number of rotatable bonds is 4. The van der Waals surface area contributed by atoms with E-state index in [2.05, 4.69) is 21.2 Å². The summed E-state index contributed by atoms with van der Waals surface area (Å²) < 4.78 is 1.03.